The first kappa shape index (κ1) is 25.0. The van der Waals surface area contributed by atoms with Crippen LogP contribution in [0, 0.1) is 11.6 Å². The summed E-state index contributed by atoms with van der Waals surface area (Å²) in [6.07, 6.45) is 0. The second-order valence-corrected chi connectivity index (χ2v) is 9.28. The molecule has 0 radical (unpaired) electrons. The maximum Gasteiger partial charge on any atom is 0.293 e. The number of carbonyl (C=O) groups excluding carboxylic acids is 2. The van der Waals surface area contributed by atoms with Crippen LogP contribution in [0.25, 0.3) is 0 Å². The molecular formula is C25H25F2N3O6. The van der Waals surface area contributed by atoms with Gasteiger partial charge in [-0.2, -0.15) is 5.16 Å². The number of anilines is 1. The molecule has 0 saturated heterocycles. The van der Waals surface area contributed by atoms with E-state index in [4.69, 9.17) is 14.0 Å². The first-order valence-electron chi connectivity index (χ1n) is 11.1. The third-order valence-corrected chi connectivity index (χ3v) is 5.72. The number of benzene rings is 2. The highest BCUT2D eigenvalue weighted by Gasteiger charge is 2.38. The van der Waals surface area contributed by atoms with Crippen LogP contribution < -0.4 is 20.3 Å². The van der Waals surface area contributed by atoms with Crippen LogP contribution in [-0.2, 0) is 10.2 Å². The van der Waals surface area contributed by atoms with Gasteiger partial charge in [-0.05, 0) is 29.7 Å². The molecule has 2 amide bonds. The maximum absolute atomic E-state index is 14.8. The molecular weight excluding hydrogens is 476 g/mol. The molecule has 2 N–H and O–H groups in total. The molecule has 11 heteroatoms. The minimum absolute atomic E-state index is 0.0217. The van der Waals surface area contributed by atoms with Crippen molar-refractivity contribution in [3.63, 3.8) is 0 Å². The normalized spacial score (nSPS) is 15.5. The highest BCUT2D eigenvalue weighted by molar-refractivity contribution is 6.01. The van der Waals surface area contributed by atoms with Gasteiger partial charge in [0.05, 0.1) is 19.7 Å². The molecule has 190 valence electrons. The fourth-order valence-corrected chi connectivity index (χ4v) is 4.15. The number of hydrogen-bond acceptors (Lipinski definition) is 6. The van der Waals surface area contributed by atoms with Gasteiger partial charge < -0.3 is 24.2 Å². The Balaban J connectivity index is 1.75. The number of amides is 2. The number of H-pyrrole nitrogens is 1. The first-order valence-corrected chi connectivity index (χ1v) is 11.1. The van der Waals surface area contributed by atoms with Crippen molar-refractivity contribution in [3.05, 3.63) is 75.3 Å². The van der Waals surface area contributed by atoms with Crippen LogP contribution in [0.5, 0.6) is 11.5 Å². The van der Waals surface area contributed by atoms with Crippen molar-refractivity contribution in [2.45, 2.75) is 32.2 Å². The van der Waals surface area contributed by atoms with E-state index in [1.54, 1.807) is 39.0 Å². The van der Waals surface area contributed by atoms with Crippen LogP contribution in [0.15, 0.2) is 45.7 Å². The number of aromatic nitrogens is 1. The van der Waals surface area contributed by atoms with E-state index in [9.17, 15) is 23.2 Å². The Kier molecular flexibility index (Phi) is 6.57. The van der Waals surface area contributed by atoms with E-state index in [-0.39, 0.29) is 30.2 Å². The Labute approximate surface area is 205 Å². The van der Waals surface area contributed by atoms with Gasteiger partial charge in [-0.15, -0.1) is 0 Å². The fourth-order valence-electron chi connectivity index (χ4n) is 4.15. The standard InChI is InChI=1S/C25H25F2N3O6/c1-25(2,3)21-16(26)9-13(10-17(21)27)28-23(32)22-15-6-5-14(34-4)11-18(15)35-8-7-30(22)24(33)19-12-20(31)29-36-19/h5-6,9-12,22H,7-8H2,1-4H3,(H,28,32)(H,29,31)/t22-/m0/s1. The number of ether oxygens (including phenoxy) is 2. The van der Waals surface area contributed by atoms with Crippen LogP contribution in [0.2, 0.25) is 0 Å². The monoisotopic (exact) mass is 501 g/mol. The lowest BCUT2D eigenvalue weighted by atomic mass is 9.86. The van der Waals surface area contributed by atoms with Crippen molar-refractivity contribution < 1.29 is 32.4 Å². The average molecular weight is 501 g/mol. The molecule has 1 aliphatic rings. The fraction of sp³-hybridized carbons (Fsp3) is 0.320. The summed E-state index contributed by atoms with van der Waals surface area (Å²) in [7, 11) is 1.47. The van der Waals surface area contributed by atoms with Crippen molar-refractivity contribution >= 4 is 17.5 Å². The summed E-state index contributed by atoms with van der Waals surface area (Å²) in [6, 6.07) is 6.45. The SMILES string of the molecule is COc1ccc2c(c1)OCCN(C(=O)c1cc(=O)[nH]o1)[C@@H]2C(=O)Nc1cc(F)c(C(C)(C)C)c(F)c1. The zero-order valence-electron chi connectivity index (χ0n) is 20.1. The number of nitrogens with zero attached hydrogens (tertiary/aromatic N) is 1. The van der Waals surface area contributed by atoms with E-state index >= 15 is 0 Å². The smallest absolute Gasteiger partial charge is 0.293 e. The minimum atomic E-state index is -1.28. The third kappa shape index (κ3) is 4.81. The molecule has 4 rings (SSSR count). The van der Waals surface area contributed by atoms with Crippen LogP contribution in [0.4, 0.5) is 14.5 Å². The second-order valence-electron chi connectivity index (χ2n) is 9.28. The first-order chi connectivity index (χ1) is 17.0. The Bertz CT molecular complexity index is 1350. The van der Waals surface area contributed by atoms with Gasteiger partial charge in [0.2, 0.25) is 5.76 Å². The van der Waals surface area contributed by atoms with Gasteiger partial charge in [0.1, 0.15) is 35.8 Å². The zero-order valence-corrected chi connectivity index (χ0v) is 20.1. The number of carbonyl (C=O) groups is 2. The van der Waals surface area contributed by atoms with Crippen molar-refractivity contribution in [2.24, 2.45) is 0 Å². The van der Waals surface area contributed by atoms with Crippen LogP contribution in [0.3, 0.4) is 0 Å². The van der Waals surface area contributed by atoms with Gasteiger partial charge >= 0.3 is 0 Å². The Morgan fingerprint density at radius 2 is 1.83 bits per heavy atom. The van der Waals surface area contributed by atoms with E-state index in [2.05, 4.69) is 5.32 Å². The minimum Gasteiger partial charge on any atom is -0.497 e. The number of rotatable bonds is 4. The average Bonchev–Trinajstić information content (AvgIpc) is 3.13. The van der Waals surface area contributed by atoms with E-state index < -0.39 is 40.5 Å². The molecule has 0 unspecified atom stereocenters. The maximum atomic E-state index is 14.8. The molecule has 0 bridgehead atoms. The molecule has 0 spiro atoms. The highest BCUT2D eigenvalue weighted by atomic mass is 19.1. The molecule has 1 atom stereocenters. The van der Waals surface area contributed by atoms with E-state index in [1.165, 1.54) is 7.11 Å². The van der Waals surface area contributed by atoms with Crippen molar-refractivity contribution in [2.75, 3.05) is 25.6 Å². The number of aromatic amines is 1. The Morgan fingerprint density at radius 3 is 2.42 bits per heavy atom. The van der Waals surface area contributed by atoms with Gasteiger partial charge in [-0.3, -0.25) is 14.4 Å². The summed E-state index contributed by atoms with van der Waals surface area (Å²) in [5.74, 6) is -2.67. The molecule has 3 aromatic rings. The topological polar surface area (TPSA) is 114 Å². The summed E-state index contributed by atoms with van der Waals surface area (Å²) in [5.41, 5.74) is -1.34. The molecule has 0 fully saturated rings. The molecule has 0 saturated carbocycles. The molecule has 0 aliphatic carbocycles. The summed E-state index contributed by atoms with van der Waals surface area (Å²) in [4.78, 5) is 39.5. The molecule has 1 aliphatic heterocycles. The van der Waals surface area contributed by atoms with E-state index in [0.717, 1.165) is 23.1 Å². The quantitative estimate of drug-likeness (QED) is 0.563. The largest absolute Gasteiger partial charge is 0.497 e. The number of hydrogen-bond donors (Lipinski definition) is 2. The lowest BCUT2D eigenvalue weighted by molar-refractivity contribution is -0.120. The van der Waals surface area contributed by atoms with Gasteiger partial charge in [0.15, 0.2) is 0 Å². The predicted molar refractivity (Wildman–Crippen MR) is 125 cm³/mol. The summed E-state index contributed by atoms with van der Waals surface area (Å²) in [5, 5.41) is 4.55. The van der Waals surface area contributed by atoms with Gasteiger partial charge in [0.25, 0.3) is 17.4 Å². The Hall–Kier alpha value is -4.15. The number of halogens is 2. The molecule has 1 aromatic heterocycles. The van der Waals surface area contributed by atoms with Gasteiger partial charge in [0, 0.05) is 22.9 Å². The summed E-state index contributed by atoms with van der Waals surface area (Å²) < 4.78 is 45.5. The van der Waals surface area contributed by atoms with Crippen LogP contribution >= 0.6 is 0 Å². The van der Waals surface area contributed by atoms with E-state index in [1.807, 2.05) is 5.16 Å². The summed E-state index contributed by atoms with van der Waals surface area (Å²) >= 11 is 0. The lowest BCUT2D eigenvalue weighted by Crippen LogP contribution is -2.42. The van der Waals surface area contributed by atoms with Crippen molar-refractivity contribution in [1.29, 1.82) is 0 Å². The molecule has 36 heavy (non-hydrogen) atoms. The number of fused-ring (bicyclic) bond motifs is 1. The molecule has 2 heterocycles. The van der Waals surface area contributed by atoms with Crippen LogP contribution in [0.1, 0.15) is 48.5 Å². The van der Waals surface area contributed by atoms with E-state index in [0.29, 0.717) is 17.1 Å². The van der Waals surface area contributed by atoms with Gasteiger partial charge in [-0.1, -0.05) is 20.8 Å². The number of nitrogens with one attached hydrogen (secondary N) is 2. The molecule has 9 nitrogen and oxygen atoms in total. The Morgan fingerprint density at radius 1 is 1.14 bits per heavy atom. The third-order valence-electron chi connectivity index (χ3n) is 5.72. The predicted octanol–water partition coefficient (Wildman–Crippen LogP) is 3.77. The molecule has 2 aromatic carbocycles. The highest BCUT2D eigenvalue weighted by Crippen LogP contribution is 2.37. The summed E-state index contributed by atoms with van der Waals surface area (Å²) in [6.45, 7) is 4.99. The van der Waals surface area contributed by atoms with Crippen molar-refractivity contribution in [3.8, 4) is 11.5 Å². The zero-order chi connectivity index (χ0) is 26.2. The number of methoxy groups -OCH3 is 1. The lowest BCUT2D eigenvalue weighted by Gasteiger charge is -2.28. The van der Waals surface area contributed by atoms with Gasteiger partial charge in [-0.25, -0.2) is 8.78 Å². The van der Waals surface area contributed by atoms with Crippen LogP contribution in [-0.4, -0.2) is 42.1 Å². The van der Waals surface area contributed by atoms with Crippen molar-refractivity contribution in [1.82, 2.24) is 10.1 Å². The second kappa shape index (κ2) is 9.48.